The second-order valence-corrected chi connectivity index (χ2v) is 3.98. The van der Waals surface area contributed by atoms with Gasteiger partial charge in [0.15, 0.2) is 0 Å². The number of benzene rings is 1. The Balaban J connectivity index is 2.10. The van der Waals surface area contributed by atoms with Crippen molar-refractivity contribution in [2.45, 2.75) is 6.92 Å². The molecule has 6 heteroatoms. The minimum atomic E-state index is -0.126. The van der Waals surface area contributed by atoms with Crippen LogP contribution in [0.4, 0.5) is 0 Å². The second-order valence-electron chi connectivity index (χ2n) is 3.98. The van der Waals surface area contributed by atoms with Gasteiger partial charge >= 0.3 is 0 Å². The van der Waals surface area contributed by atoms with Crippen molar-refractivity contribution >= 4 is 0 Å². The van der Waals surface area contributed by atoms with Crippen LogP contribution in [-0.4, -0.2) is 20.4 Å². The summed E-state index contributed by atoms with van der Waals surface area (Å²) in [6, 6.07) is 6.10. The lowest BCUT2D eigenvalue weighted by Gasteiger charge is -2.00. The van der Waals surface area contributed by atoms with E-state index in [9.17, 15) is 10.2 Å². The molecular weight excluding hydrogens is 248 g/mol. The second kappa shape index (κ2) is 4.16. The van der Waals surface area contributed by atoms with E-state index in [-0.39, 0.29) is 23.0 Å². The Bertz CT molecular complexity index is 710. The van der Waals surface area contributed by atoms with Crippen LogP contribution in [0.5, 0.6) is 11.5 Å². The monoisotopic (exact) mass is 258 g/mol. The third-order valence-corrected chi connectivity index (χ3v) is 2.76. The molecule has 0 saturated carbocycles. The zero-order valence-electron chi connectivity index (χ0n) is 9.99. The number of aromatic hydroxyl groups is 2. The Morgan fingerprint density at radius 2 is 1.84 bits per heavy atom. The largest absolute Gasteiger partial charge is 0.507 e. The number of hydrogen-bond acceptors (Lipinski definition) is 6. The molecule has 0 amide bonds. The average molecular weight is 258 g/mol. The first kappa shape index (κ1) is 11.3. The van der Waals surface area contributed by atoms with E-state index in [1.165, 1.54) is 24.5 Å². The number of rotatable bonds is 2. The molecule has 3 aromatic rings. The fourth-order valence-corrected chi connectivity index (χ4v) is 1.80. The fraction of sp³-hybridized carbons (Fsp3) is 0.0769. The predicted octanol–water partition coefficient (Wildman–Crippen LogP) is 2.72. The van der Waals surface area contributed by atoms with Crippen molar-refractivity contribution in [1.29, 1.82) is 0 Å². The van der Waals surface area contributed by atoms with E-state index < -0.39 is 0 Å². The third kappa shape index (κ3) is 1.83. The summed E-state index contributed by atoms with van der Waals surface area (Å²) in [5, 5.41) is 23.3. The lowest BCUT2D eigenvalue weighted by molar-refractivity contribution is 0.415. The molecule has 2 aromatic heterocycles. The molecule has 0 spiro atoms. The van der Waals surface area contributed by atoms with Crippen LogP contribution in [0.25, 0.3) is 22.8 Å². The normalized spacial score (nSPS) is 10.8. The summed E-state index contributed by atoms with van der Waals surface area (Å²) in [5.41, 5.74) is 0.812. The van der Waals surface area contributed by atoms with Crippen LogP contribution in [-0.2, 0) is 0 Å². The van der Waals surface area contributed by atoms with Gasteiger partial charge in [-0.3, -0.25) is 0 Å². The molecule has 3 rings (SSSR count). The lowest BCUT2D eigenvalue weighted by Crippen LogP contribution is -1.82. The number of phenolic OH excluding ortho intramolecular Hbond substituents is 2. The zero-order valence-corrected chi connectivity index (χ0v) is 9.99. The van der Waals surface area contributed by atoms with Crippen molar-refractivity contribution in [3.05, 3.63) is 36.3 Å². The Kier molecular flexibility index (Phi) is 2.49. The van der Waals surface area contributed by atoms with Crippen LogP contribution < -0.4 is 0 Å². The molecule has 2 heterocycles. The maximum absolute atomic E-state index is 9.73. The molecule has 0 fully saturated rings. The van der Waals surface area contributed by atoms with Crippen LogP contribution in [0, 0.1) is 6.92 Å². The van der Waals surface area contributed by atoms with Crippen LogP contribution in [0.15, 0.2) is 39.5 Å². The fourth-order valence-electron chi connectivity index (χ4n) is 1.80. The lowest BCUT2D eigenvalue weighted by atomic mass is 10.2. The van der Waals surface area contributed by atoms with E-state index >= 15 is 0 Å². The van der Waals surface area contributed by atoms with Crippen molar-refractivity contribution in [2.75, 3.05) is 0 Å². The van der Waals surface area contributed by atoms with E-state index in [0.717, 1.165) is 0 Å². The molecular formula is C13H10N2O4. The molecule has 0 radical (unpaired) electrons. The molecule has 0 aliphatic rings. The molecule has 0 bridgehead atoms. The Hall–Kier alpha value is -2.76. The van der Waals surface area contributed by atoms with E-state index in [0.29, 0.717) is 17.1 Å². The quantitative estimate of drug-likeness (QED) is 0.734. The highest BCUT2D eigenvalue weighted by Crippen LogP contribution is 2.36. The van der Waals surface area contributed by atoms with Crippen LogP contribution in [0.1, 0.15) is 5.76 Å². The van der Waals surface area contributed by atoms with Gasteiger partial charge in [-0.2, -0.15) is 4.98 Å². The average Bonchev–Trinajstić information content (AvgIpc) is 2.98. The molecule has 1 aromatic carbocycles. The smallest absolute Gasteiger partial charge is 0.265 e. The number of nitrogens with zero attached hydrogens (tertiary/aromatic N) is 2. The van der Waals surface area contributed by atoms with Gasteiger partial charge in [-0.15, -0.1) is 0 Å². The highest BCUT2D eigenvalue weighted by atomic mass is 16.5. The Morgan fingerprint density at radius 3 is 2.47 bits per heavy atom. The van der Waals surface area contributed by atoms with Crippen molar-refractivity contribution in [1.82, 2.24) is 10.1 Å². The van der Waals surface area contributed by atoms with Crippen molar-refractivity contribution in [2.24, 2.45) is 0 Å². The minimum absolute atomic E-state index is 0.0474. The number of aryl methyl sites for hydroxylation is 1. The third-order valence-electron chi connectivity index (χ3n) is 2.76. The van der Waals surface area contributed by atoms with Crippen LogP contribution in [0.2, 0.25) is 0 Å². The number of phenols is 2. The number of furan rings is 1. The zero-order chi connectivity index (χ0) is 13.4. The standard InChI is InChI=1S/C13H10N2O4/c1-7-8(5-6-18-7)12-14-13(19-15-12)11-9(16)3-2-4-10(11)17/h2-6,16-17H,1H3. The van der Waals surface area contributed by atoms with Gasteiger partial charge in [0.2, 0.25) is 5.82 Å². The predicted molar refractivity (Wildman–Crippen MR) is 65.5 cm³/mol. The summed E-state index contributed by atoms with van der Waals surface area (Å²) in [5.74, 6) is 0.794. The number of aromatic nitrogens is 2. The first-order valence-corrected chi connectivity index (χ1v) is 5.56. The summed E-state index contributed by atoms with van der Waals surface area (Å²) in [6.07, 6.45) is 1.53. The van der Waals surface area contributed by atoms with Crippen molar-refractivity contribution in [3.63, 3.8) is 0 Å². The van der Waals surface area contributed by atoms with Crippen molar-refractivity contribution < 1.29 is 19.2 Å². The first-order chi connectivity index (χ1) is 9.16. The summed E-state index contributed by atoms with van der Waals surface area (Å²) in [4.78, 5) is 4.15. The summed E-state index contributed by atoms with van der Waals surface area (Å²) >= 11 is 0. The molecule has 0 aliphatic carbocycles. The van der Waals surface area contributed by atoms with Gasteiger partial charge in [0, 0.05) is 0 Å². The van der Waals surface area contributed by atoms with E-state index in [2.05, 4.69) is 10.1 Å². The molecule has 6 nitrogen and oxygen atoms in total. The van der Waals surface area contributed by atoms with Gasteiger partial charge in [-0.05, 0) is 25.1 Å². The van der Waals surface area contributed by atoms with Gasteiger partial charge in [0.25, 0.3) is 5.89 Å². The molecule has 0 saturated heterocycles. The summed E-state index contributed by atoms with van der Waals surface area (Å²) < 4.78 is 10.2. The number of hydrogen-bond donors (Lipinski definition) is 2. The first-order valence-electron chi connectivity index (χ1n) is 5.56. The van der Waals surface area contributed by atoms with Crippen LogP contribution >= 0.6 is 0 Å². The van der Waals surface area contributed by atoms with Gasteiger partial charge in [-0.25, -0.2) is 0 Å². The maximum Gasteiger partial charge on any atom is 0.265 e. The van der Waals surface area contributed by atoms with Gasteiger partial charge < -0.3 is 19.2 Å². The Labute approximate surface area is 107 Å². The summed E-state index contributed by atoms with van der Waals surface area (Å²) in [6.45, 7) is 1.78. The van der Waals surface area contributed by atoms with E-state index in [1.807, 2.05) is 0 Å². The van der Waals surface area contributed by atoms with E-state index in [4.69, 9.17) is 8.94 Å². The van der Waals surface area contributed by atoms with Gasteiger partial charge in [0.1, 0.15) is 22.8 Å². The summed E-state index contributed by atoms with van der Waals surface area (Å²) in [7, 11) is 0. The highest BCUT2D eigenvalue weighted by Gasteiger charge is 2.19. The maximum atomic E-state index is 9.73. The SMILES string of the molecule is Cc1occc1-c1noc(-c2c(O)cccc2O)n1. The van der Waals surface area contributed by atoms with Crippen molar-refractivity contribution in [3.8, 4) is 34.3 Å². The van der Waals surface area contributed by atoms with Gasteiger partial charge in [-0.1, -0.05) is 11.2 Å². The topological polar surface area (TPSA) is 92.5 Å². The molecule has 0 atom stereocenters. The highest BCUT2D eigenvalue weighted by molar-refractivity contribution is 5.71. The molecule has 96 valence electrons. The molecule has 0 unspecified atom stereocenters. The minimum Gasteiger partial charge on any atom is -0.507 e. The molecule has 19 heavy (non-hydrogen) atoms. The van der Waals surface area contributed by atoms with Gasteiger partial charge in [0.05, 0.1) is 11.8 Å². The van der Waals surface area contributed by atoms with Crippen LogP contribution in [0.3, 0.4) is 0 Å². The molecule has 2 N–H and O–H groups in total. The Morgan fingerprint density at radius 1 is 1.11 bits per heavy atom. The van der Waals surface area contributed by atoms with E-state index in [1.54, 1.807) is 13.0 Å². The molecule has 0 aliphatic heterocycles.